The zero-order chi connectivity index (χ0) is 14.9. The van der Waals surface area contributed by atoms with E-state index in [1.165, 1.54) is 23.1 Å². The van der Waals surface area contributed by atoms with Crippen molar-refractivity contribution in [2.24, 2.45) is 5.73 Å². The number of likely N-dealkylation sites (tertiary alicyclic amines) is 1. The number of hydrogen-bond acceptors (Lipinski definition) is 3. The van der Waals surface area contributed by atoms with Gasteiger partial charge in [-0.15, -0.1) is 0 Å². The second-order valence-electron chi connectivity index (χ2n) is 4.86. The Morgan fingerprint density at radius 1 is 1.10 bits per heavy atom. The summed E-state index contributed by atoms with van der Waals surface area (Å²) in [6.07, 6.45) is -0.715. The summed E-state index contributed by atoms with van der Waals surface area (Å²) in [5.41, 5.74) is 11.3. The molecule has 20 heavy (non-hydrogen) atoms. The van der Waals surface area contributed by atoms with Crippen LogP contribution >= 0.6 is 0 Å². The van der Waals surface area contributed by atoms with Gasteiger partial charge in [0.25, 0.3) is 11.8 Å². The number of rotatable bonds is 2. The molecule has 2 rings (SSSR count). The first-order valence-corrected chi connectivity index (χ1v) is 6.16. The lowest BCUT2D eigenvalue weighted by Gasteiger charge is -2.31. The quantitative estimate of drug-likeness (QED) is 0.800. The van der Waals surface area contributed by atoms with Crippen LogP contribution in [0, 0.1) is 0 Å². The maximum atomic E-state index is 13.1. The first-order chi connectivity index (χ1) is 9.28. The second-order valence-corrected chi connectivity index (χ2v) is 4.86. The van der Waals surface area contributed by atoms with Crippen LogP contribution in [0.15, 0.2) is 18.2 Å². The number of nitrogens with zero attached hydrogens (tertiary/aromatic N) is 1. The van der Waals surface area contributed by atoms with E-state index in [0.717, 1.165) is 0 Å². The number of amides is 2. The summed E-state index contributed by atoms with van der Waals surface area (Å²) in [5.74, 6) is -3.84. The van der Waals surface area contributed by atoms with Gasteiger partial charge < -0.3 is 16.4 Å². The standard InChI is InChI=1S/C13H15F2N3O2/c14-13(15)1-3-18(4-2-13)12(20)9-5-8(11(17)19)6-10(16)7-9/h5-7H,1-4,16H2,(H2,17,19). The maximum Gasteiger partial charge on any atom is 0.253 e. The summed E-state index contributed by atoms with van der Waals surface area (Å²) in [6.45, 7) is -0.0426. The van der Waals surface area contributed by atoms with Gasteiger partial charge in [0.2, 0.25) is 5.91 Å². The van der Waals surface area contributed by atoms with Crippen molar-refractivity contribution in [1.82, 2.24) is 4.90 Å². The van der Waals surface area contributed by atoms with Crippen LogP contribution in [0.25, 0.3) is 0 Å². The van der Waals surface area contributed by atoms with Crippen molar-refractivity contribution in [3.8, 4) is 0 Å². The highest BCUT2D eigenvalue weighted by atomic mass is 19.3. The molecule has 0 saturated carbocycles. The Labute approximate surface area is 114 Å². The number of nitrogen functional groups attached to an aromatic ring is 1. The normalized spacial score (nSPS) is 17.8. The fraction of sp³-hybridized carbons (Fsp3) is 0.385. The Bertz CT molecular complexity index is 551. The molecular formula is C13H15F2N3O2. The summed E-state index contributed by atoms with van der Waals surface area (Å²) in [5, 5.41) is 0. The highest BCUT2D eigenvalue weighted by Gasteiger charge is 2.35. The van der Waals surface area contributed by atoms with Gasteiger partial charge in [-0.25, -0.2) is 8.78 Å². The Morgan fingerprint density at radius 3 is 2.20 bits per heavy atom. The number of benzene rings is 1. The highest BCUT2D eigenvalue weighted by Crippen LogP contribution is 2.28. The van der Waals surface area contributed by atoms with Crippen molar-refractivity contribution >= 4 is 17.5 Å². The topological polar surface area (TPSA) is 89.4 Å². The summed E-state index contributed by atoms with van der Waals surface area (Å²) < 4.78 is 26.1. The number of piperidine rings is 1. The van der Waals surface area contributed by atoms with E-state index >= 15 is 0 Å². The molecule has 0 aliphatic carbocycles. The third-order valence-electron chi connectivity index (χ3n) is 3.27. The second kappa shape index (κ2) is 5.07. The zero-order valence-corrected chi connectivity index (χ0v) is 10.7. The predicted octanol–water partition coefficient (Wildman–Crippen LogP) is 1.24. The molecule has 0 atom stereocenters. The third-order valence-corrected chi connectivity index (χ3v) is 3.27. The van der Waals surface area contributed by atoms with Gasteiger partial charge in [0, 0.05) is 42.7 Å². The molecular weight excluding hydrogens is 268 g/mol. The minimum Gasteiger partial charge on any atom is -0.399 e. The van der Waals surface area contributed by atoms with E-state index in [1.54, 1.807) is 0 Å². The van der Waals surface area contributed by atoms with Crippen molar-refractivity contribution in [3.63, 3.8) is 0 Å². The minimum atomic E-state index is -2.72. The number of anilines is 1. The maximum absolute atomic E-state index is 13.1. The van der Waals surface area contributed by atoms with Gasteiger partial charge in [0.1, 0.15) is 0 Å². The van der Waals surface area contributed by atoms with Crippen LogP contribution in [0.2, 0.25) is 0 Å². The predicted molar refractivity (Wildman–Crippen MR) is 69.5 cm³/mol. The average Bonchev–Trinajstić information content (AvgIpc) is 2.37. The van der Waals surface area contributed by atoms with Crippen LogP contribution in [0.1, 0.15) is 33.6 Å². The Kier molecular flexibility index (Phi) is 3.61. The highest BCUT2D eigenvalue weighted by molar-refractivity contribution is 6.00. The minimum absolute atomic E-state index is 0.0213. The van der Waals surface area contributed by atoms with Crippen LogP contribution in [-0.2, 0) is 0 Å². The fourth-order valence-electron chi connectivity index (χ4n) is 2.14. The van der Waals surface area contributed by atoms with Crippen LogP contribution in [0.4, 0.5) is 14.5 Å². The Hall–Kier alpha value is -2.18. The summed E-state index contributed by atoms with van der Waals surface area (Å²) in [6, 6.07) is 4.10. The van der Waals surface area contributed by atoms with Crippen molar-refractivity contribution in [1.29, 1.82) is 0 Å². The molecule has 1 aliphatic heterocycles. The molecule has 0 unspecified atom stereocenters. The molecule has 7 heteroatoms. The SMILES string of the molecule is NC(=O)c1cc(N)cc(C(=O)N2CCC(F)(F)CC2)c1. The van der Waals surface area contributed by atoms with Crippen molar-refractivity contribution in [2.75, 3.05) is 18.8 Å². The molecule has 4 N–H and O–H groups in total. The van der Waals surface area contributed by atoms with Crippen molar-refractivity contribution in [3.05, 3.63) is 29.3 Å². The number of hydrogen-bond donors (Lipinski definition) is 2. The van der Waals surface area contributed by atoms with E-state index in [4.69, 9.17) is 11.5 Å². The van der Waals surface area contributed by atoms with Gasteiger partial charge in [-0.05, 0) is 18.2 Å². The van der Waals surface area contributed by atoms with E-state index in [-0.39, 0.29) is 42.7 Å². The van der Waals surface area contributed by atoms with E-state index in [9.17, 15) is 18.4 Å². The lowest BCUT2D eigenvalue weighted by Crippen LogP contribution is -2.42. The summed E-state index contributed by atoms with van der Waals surface area (Å²) in [4.78, 5) is 24.7. The molecule has 2 amide bonds. The zero-order valence-electron chi connectivity index (χ0n) is 10.7. The molecule has 1 saturated heterocycles. The fourth-order valence-corrected chi connectivity index (χ4v) is 2.14. The number of nitrogens with two attached hydrogens (primary N) is 2. The van der Waals surface area contributed by atoms with Crippen molar-refractivity contribution in [2.45, 2.75) is 18.8 Å². The molecule has 108 valence electrons. The van der Waals surface area contributed by atoms with Crippen molar-refractivity contribution < 1.29 is 18.4 Å². The third kappa shape index (κ3) is 3.04. The van der Waals surface area contributed by atoms with E-state index in [1.807, 2.05) is 0 Å². The first kappa shape index (κ1) is 14.2. The smallest absolute Gasteiger partial charge is 0.253 e. The molecule has 0 bridgehead atoms. The van der Waals surface area contributed by atoms with E-state index in [2.05, 4.69) is 0 Å². The Morgan fingerprint density at radius 2 is 1.65 bits per heavy atom. The van der Waals surface area contributed by atoms with Crippen LogP contribution in [0.3, 0.4) is 0 Å². The van der Waals surface area contributed by atoms with E-state index < -0.39 is 17.7 Å². The van der Waals surface area contributed by atoms with Gasteiger partial charge >= 0.3 is 0 Å². The van der Waals surface area contributed by atoms with Gasteiger partial charge in [-0.1, -0.05) is 0 Å². The number of alkyl halides is 2. The van der Waals surface area contributed by atoms with Gasteiger partial charge in [0.05, 0.1) is 0 Å². The van der Waals surface area contributed by atoms with Crippen LogP contribution in [0.5, 0.6) is 0 Å². The number of carbonyl (C=O) groups is 2. The molecule has 1 heterocycles. The average molecular weight is 283 g/mol. The number of primary amides is 1. The molecule has 1 fully saturated rings. The molecule has 0 spiro atoms. The van der Waals surface area contributed by atoms with Crippen LogP contribution < -0.4 is 11.5 Å². The lowest BCUT2D eigenvalue weighted by molar-refractivity contribution is -0.0494. The summed E-state index contributed by atoms with van der Waals surface area (Å²) >= 11 is 0. The number of carbonyl (C=O) groups excluding carboxylic acids is 2. The summed E-state index contributed by atoms with van der Waals surface area (Å²) in [7, 11) is 0. The van der Waals surface area contributed by atoms with Gasteiger partial charge in [-0.3, -0.25) is 9.59 Å². The van der Waals surface area contributed by atoms with E-state index in [0.29, 0.717) is 0 Å². The molecule has 5 nitrogen and oxygen atoms in total. The molecule has 0 aromatic heterocycles. The van der Waals surface area contributed by atoms with Crippen LogP contribution in [-0.4, -0.2) is 35.7 Å². The molecule has 1 aromatic carbocycles. The number of halogens is 2. The molecule has 0 radical (unpaired) electrons. The molecule has 1 aliphatic rings. The Balaban J connectivity index is 2.19. The lowest BCUT2D eigenvalue weighted by atomic mass is 10.0. The monoisotopic (exact) mass is 283 g/mol. The first-order valence-electron chi connectivity index (χ1n) is 6.16. The molecule has 1 aromatic rings. The van der Waals surface area contributed by atoms with Gasteiger partial charge in [0.15, 0.2) is 0 Å². The largest absolute Gasteiger partial charge is 0.399 e. The van der Waals surface area contributed by atoms with Gasteiger partial charge in [-0.2, -0.15) is 0 Å².